The van der Waals surface area contributed by atoms with Gasteiger partial charge in [0.15, 0.2) is 0 Å². The maximum Gasteiger partial charge on any atom is 0.144 e. The van der Waals surface area contributed by atoms with Crippen LogP contribution in [0.3, 0.4) is 0 Å². The molecule has 1 unspecified atom stereocenters. The van der Waals surface area contributed by atoms with Gasteiger partial charge in [0.05, 0.1) is 5.69 Å². The summed E-state index contributed by atoms with van der Waals surface area (Å²) in [5, 5.41) is 2.19. The third-order valence-corrected chi connectivity index (χ3v) is 3.64. The molecule has 3 nitrogen and oxygen atoms in total. The summed E-state index contributed by atoms with van der Waals surface area (Å²) in [6.07, 6.45) is 4.58. The molecule has 0 amide bonds. The zero-order valence-corrected chi connectivity index (χ0v) is 11.4. The van der Waals surface area contributed by atoms with Crippen LogP contribution in [0.2, 0.25) is 0 Å². The van der Waals surface area contributed by atoms with Crippen LogP contribution < -0.4 is 10.4 Å². The lowest BCUT2D eigenvalue weighted by atomic mass is 10.1. The van der Waals surface area contributed by atoms with Gasteiger partial charge in [0.1, 0.15) is 6.23 Å². The maximum atomic E-state index is 5.87. The quantitative estimate of drug-likeness (QED) is 0.782. The van der Waals surface area contributed by atoms with Gasteiger partial charge in [0.2, 0.25) is 0 Å². The summed E-state index contributed by atoms with van der Waals surface area (Å²) in [4.78, 5) is 0. The number of hydrazine groups is 1. The van der Waals surface area contributed by atoms with E-state index in [9.17, 15) is 0 Å². The van der Waals surface area contributed by atoms with E-state index < -0.39 is 0 Å². The van der Waals surface area contributed by atoms with Crippen molar-refractivity contribution < 1.29 is 4.74 Å². The standard InChI is InChI=1S/C16H20N2O/c1-2-3-6-13-8-9-14-12-17-18(15(14)11-13)16-7-4-5-10-19-16/h8-9,11,16-17H,2,4-5,7,10,12H2,1H3. The molecule has 3 heteroatoms. The highest BCUT2D eigenvalue weighted by atomic mass is 16.5. The van der Waals surface area contributed by atoms with Gasteiger partial charge in [-0.1, -0.05) is 24.8 Å². The molecular formula is C16H20N2O. The van der Waals surface area contributed by atoms with Crippen LogP contribution in [0.4, 0.5) is 5.69 Å². The van der Waals surface area contributed by atoms with Crippen molar-refractivity contribution in [3.05, 3.63) is 29.3 Å². The topological polar surface area (TPSA) is 24.5 Å². The Morgan fingerprint density at radius 1 is 1.42 bits per heavy atom. The van der Waals surface area contributed by atoms with E-state index in [0.717, 1.165) is 31.6 Å². The van der Waals surface area contributed by atoms with Crippen molar-refractivity contribution >= 4 is 5.69 Å². The summed E-state index contributed by atoms with van der Waals surface area (Å²) in [7, 11) is 0. The van der Waals surface area contributed by atoms with E-state index in [0.29, 0.717) is 0 Å². The summed E-state index contributed by atoms with van der Waals surface area (Å²) in [6, 6.07) is 6.45. The van der Waals surface area contributed by atoms with Gasteiger partial charge < -0.3 is 4.74 Å². The minimum Gasteiger partial charge on any atom is -0.357 e. The van der Waals surface area contributed by atoms with E-state index in [-0.39, 0.29) is 6.23 Å². The highest BCUT2D eigenvalue weighted by Gasteiger charge is 2.28. The molecular weight excluding hydrogens is 236 g/mol. The molecule has 1 N–H and O–H groups in total. The molecule has 0 radical (unpaired) electrons. The van der Waals surface area contributed by atoms with Crippen LogP contribution in [0.5, 0.6) is 0 Å². The van der Waals surface area contributed by atoms with Gasteiger partial charge in [0, 0.05) is 25.1 Å². The summed E-state index contributed by atoms with van der Waals surface area (Å²) in [6.45, 7) is 3.83. The zero-order valence-electron chi connectivity index (χ0n) is 11.4. The third-order valence-electron chi connectivity index (χ3n) is 3.64. The molecule has 1 aromatic carbocycles. The molecule has 0 saturated carbocycles. The van der Waals surface area contributed by atoms with Crippen LogP contribution in [0, 0.1) is 11.8 Å². The van der Waals surface area contributed by atoms with Gasteiger partial charge in [-0.25, -0.2) is 5.43 Å². The minimum atomic E-state index is 0.171. The van der Waals surface area contributed by atoms with Gasteiger partial charge in [-0.05, 0) is 37.0 Å². The molecule has 2 aliphatic rings. The number of anilines is 1. The first kappa shape index (κ1) is 12.5. The fraction of sp³-hybridized carbons (Fsp3) is 0.500. The summed E-state index contributed by atoms with van der Waals surface area (Å²) in [5.41, 5.74) is 7.08. The normalized spacial score (nSPS) is 21.7. The van der Waals surface area contributed by atoms with Gasteiger partial charge in [-0.2, -0.15) is 0 Å². The molecule has 3 rings (SSSR count). The van der Waals surface area contributed by atoms with Crippen molar-refractivity contribution in [2.75, 3.05) is 11.6 Å². The average molecular weight is 256 g/mol. The molecule has 1 saturated heterocycles. The number of fused-ring (bicyclic) bond motifs is 1. The smallest absolute Gasteiger partial charge is 0.144 e. The Kier molecular flexibility index (Phi) is 3.72. The Hall–Kier alpha value is -1.50. The number of nitrogens with zero attached hydrogens (tertiary/aromatic N) is 1. The second-order valence-electron chi connectivity index (χ2n) is 5.02. The van der Waals surface area contributed by atoms with Gasteiger partial charge in [-0.3, -0.25) is 5.01 Å². The fourth-order valence-electron chi connectivity index (χ4n) is 2.65. The number of hydrogen-bond acceptors (Lipinski definition) is 3. The second kappa shape index (κ2) is 5.64. The first-order valence-corrected chi connectivity index (χ1v) is 7.14. The number of rotatable bonds is 1. The van der Waals surface area contributed by atoms with Gasteiger partial charge >= 0.3 is 0 Å². The highest BCUT2D eigenvalue weighted by molar-refractivity contribution is 5.60. The van der Waals surface area contributed by atoms with Crippen LogP contribution in [0.25, 0.3) is 0 Å². The number of ether oxygens (including phenoxy) is 1. The number of benzene rings is 1. The molecule has 100 valence electrons. The van der Waals surface area contributed by atoms with Gasteiger partial charge in [0.25, 0.3) is 0 Å². The number of nitrogens with one attached hydrogen (secondary N) is 1. The Morgan fingerprint density at radius 3 is 3.16 bits per heavy atom. The summed E-state index contributed by atoms with van der Waals surface area (Å²) < 4.78 is 5.87. The molecule has 2 aliphatic heterocycles. The molecule has 1 aromatic rings. The van der Waals surface area contributed by atoms with Crippen molar-refractivity contribution in [1.82, 2.24) is 5.43 Å². The molecule has 2 heterocycles. The maximum absolute atomic E-state index is 5.87. The Morgan fingerprint density at radius 2 is 2.37 bits per heavy atom. The van der Waals surface area contributed by atoms with E-state index in [2.05, 4.69) is 47.4 Å². The van der Waals surface area contributed by atoms with Crippen LogP contribution in [0.15, 0.2) is 18.2 Å². The lowest BCUT2D eigenvalue weighted by molar-refractivity contribution is 0.00928. The largest absolute Gasteiger partial charge is 0.357 e. The van der Waals surface area contributed by atoms with E-state index in [4.69, 9.17) is 4.74 Å². The van der Waals surface area contributed by atoms with E-state index in [1.807, 2.05) is 0 Å². The third kappa shape index (κ3) is 2.60. The Labute approximate surface area is 114 Å². The predicted molar refractivity (Wildman–Crippen MR) is 76.5 cm³/mol. The molecule has 19 heavy (non-hydrogen) atoms. The lowest BCUT2D eigenvalue weighted by Crippen LogP contribution is -2.44. The van der Waals surface area contributed by atoms with Crippen molar-refractivity contribution in [3.8, 4) is 11.8 Å². The van der Waals surface area contributed by atoms with Crippen molar-refractivity contribution in [2.24, 2.45) is 0 Å². The fourth-order valence-corrected chi connectivity index (χ4v) is 2.65. The van der Waals surface area contributed by atoms with Crippen molar-refractivity contribution in [3.63, 3.8) is 0 Å². The van der Waals surface area contributed by atoms with E-state index in [1.165, 1.54) is 24.1 Å². The molecule has 0 bridgehead atoms. The summed E-state index contributed by atoms with van der Waals surface area (Å²) >= 11 is 0. The van der Waals surface area contributed by atoms with E-state index >= 15 is 0 Å². The first-order valence-electron chi connectivity index (χ1n) is 7.14. The SMILES string of the molecule is CCC#Cc1ccc2c(c1)N(C1CCCCO1)NC2. The lowest BCUT2D eigenvalue weighted by Gasteiger charge is -2.32. The average Bonchev–Trinajstić information content (AvgIpc) is 2.89. The van der Waals surface area contributed by atoms with Crippen LogP contribution in [0.1, 0.15) is 43.7 Å². The van der Waals surface area contributed by atoms with Crippen LogP contribution in [-0.4, -0.2) is 12.8 Å². The number of hydrogen-bond donors (Lipinski definition) is 1. The van der Waals surface area contributed by atoms with Crippen molar-refractivity contribution in [2.45, 2.75) is 45.4 Å². The Bertz CT molecular complexity index is 509. The molecule has 1 atom stereocenters. The monoisotopic (exact) mass is 256 g/mol. The molecule has 0 aliphatic carbocycles. The van der Waals surface area contributed by atoms with Crippen LogP contribution in [-0.2, 0) is 11.3 Å². The van der Waals surface area contributed by atoms with E-state index in [1.54, 1.807) is 0 Å². The minimum absolute atomic E-state index is 0.171. The highest BCUT2D eigenvalue weighted by Crippen LogP contribution is 2.30. The predicted octanol–water partition coefficient (Wildman–Crippen LogP) is 2.80. The first-order chi connectivity index (χ1) is 9.38. The summed E-state index contributed by atoms with van der Waals surface area (Å²) in [5.74, 6) is 6.33. The molecule has 0 aromatic heterocycles. The second-order valence-corrected chi connectivity index (χ2v) is 5.02. The van der Waals surface area contributed by atoms with Gasteiger partial charge in [-0.15, -0.1) is 0 Å². The molecule has 0 spiro atoms. The molecule has 1 fully saturated rings. The Balaban J connectivity index is 1.85. The van der Waals surface area contributed by atoms with Crippen molar-refractivity contribution in [1.29, 1.82) is 0 Å². The zero-order chi connectivity index (χ0) is 13.1. The van der Waals surface area contributed by atoms with Crippen LogP contribution >= 0.6 is 0 Å².